The molecular weight excluding hydrogens is 210 g/mol. The third kappa shape index (κ3) is 2.45. The second-order valence-corrected chi connectivity index (χ2v) is 5.03. The van der Waals surface area contributed by atoms with E-state index in [1.54, 1.807) is 0 Å². The Morgan fingerprint density at radius 2 is 1.82 bits per heavy atom. The Morgan fingerprint density at radius 3 is 2.65 bits per heavy atom. The molecule has 0 amide bonds. The van der Waals surface area contributed by atoms with E-state index in [-0.39, 0.29) is 0 Å². The van der Waals surface area contributed by atoms with Gasteiger partial charge in [-0.1, -0.05) is 18.2 Å². The van der Waals surface area contributed by atoms with Gasteiger partial charge in [0.05, 0.1) is 0 Å². The number of nitrogens with one attached hydrogen (secondary N) is 1. The average molecular weight is 231 g/mol. The van der Waals surface area contributed by atoms with E-state index < -0.39 is 0 Å². The molecule has 0 saturated carbocycles. The molecule has 0 spiro atoms. The summed E-state index contributed by atoms with van der Waals surface area (Å²) >= 11 is 0. The first-order valence-corrected chi connectivity index (χ1v) is 6.68. The Kier molecular flexibility index (Phi) is 3.29. The highest BCUT2D eigenvalue weighted by Crippen LogP contribution is 2.23. The van der Waals surface area contributed by atoms with Crippen LogP contribution in [0.4, 0.5) is 5.69 Å². The molecule has 1 aromatic rings. The molecule has 2 aliphatic heterocycles. The van der Waals surface area contributed by atoms with E-state index in [1.807, 2.05) is 0 Å². The summed E-state index contributed by atoms with van der Waals surface area (Å²) in [5.74, 6) is 0. The van der Waals surface area contributed by atoms with E-state index in [9.17, 15) is 0 Å². The van der Waals surface area contributed by atoms with Gasteiger partial charge in [0.15, 0.2) is 0 Å². The Bertz CT molecular complexity index is 338. The third-order valence-electron chi connectivity index (χ3n) is 3.87. The van der Waals surface area contributed by atoms with E-state index in [0.29, 0.717) is 0 Å². The Balaban J connectivity index is 1.54. The standard InChI is InChI=1S/C14H21N3/c1-2-5-13(6-3-1)17-11-14(12-17)16-9-4-7-15-8-10-16/h1-3,5-6,14-15H,4,7-12H2. The summed E-state index contributed by atoms with van der Waals surface area (Å²) in [7, 11) is 0. The van der Waals surface area contributed by atoms with Gasteiger partial charge in [-0.05, 0) is 31.6 Å². The Hall–Kier alpha value is -1.06. The van der Waals surface area contributed by atoms with Crippen molar-refractivity contribution >= 4 is 5.69 Å². The van der Waals surface area contributed by atoms with Crippen LogP contribution >= 0.6 is 0 Å². The number of anilines is 1. The van der Waals surface area contributed by atoms with Gasteiger partial charge in [0.25, 0.3) is 0 Å². The molecule has 3 rings (SSSR count). The van der Waals surface area contributed by atoms with Gasteiger partial charge >= 0.3 is 0 Å². The molecule has 0 bridgehead atoms. The molecule has 2 heterocycles. The summed E-state index contributed by atoms with van der Waals surface area (Å²) in [4.78, 5) is 5.13. The maximum atomic E-state index is 3.47. The summed E-state index contributed by atoms with van der Waals surface area (Å²) in [5, 5.41) is 3.47. The fraction of sp³-hybridized carbons (Fsp3) is 0.571. The first kappa shape index (κ1) is 11.1. The average Bonchev–Trinajstić information content (AvgIpc) is 2.58. The van der Waals surface area contributed by atoms with Crippen molar-refractivity contribution < 1.29 is 0 Å². The normalized spacial score (nSPS) is 23.2. The predicted octanol–water partition coefficient (Wildman–Crippen LogP) is 1.17. The van der Waals surface area contributed by atoms with Crippen molar-refractivity contribution in [3.05, 3.63) is 30.3 Å². The lowest BCUT2D eigenvalue weighted by molar-refractivity contribution is 0.177. The zero-order valence-electron chi connectivity index (χ0n) is 10.3. The molecule has 2 fully saturated rings. The number of para-hydroxylation sites is 1. The highest BCUT2D eigenvalue weighted by Gasteiger charge is 2.31. The lowest BCUT2D eigenvalue weighted by Crippen LogP contribution is -2.60. The molecule has 2 aliphatic rings. The van der Waals surface area contributed by atoms with Crippen molar-refractivity contribution in [2.45, 2.75) is 12.5 Å². The van der Waals surface area contributed by atoms with Crippen molar-refractivity contribution in [3.63, 3.8) is 0 Å². The minimum Gasteiger partial charge on any atom is -0.368 e. The van der Waals surface area contributed by atoms with Crippen molar-refractivity contribution in [2.75, 3.05) is 44.2 Å². The highest BCUT2D eigenvalue weighted by molar-refractivity contribution is 5.49. The second kappa shape index (κ2) is 5.07. The van der Waals surface area contributed by atoms with Gasteiger partial charge < -0.3 is 10.2 Å². The van der Waals surface area contributed by atoms with Gasteiger partial charge in [-0.3, -0.25) is 4.90 Å². The van der Waals surface area contributed by atoms with Gasteiger partial charge in [0, 0.05) is 37.9 Å². The minimum atomic E-state index is 0.773. The second-order valence-electron chi connectivity index (χ2n) is 5.03. The predicted molar refractivity (Wildman–Crippen MR) is 71.5 cm³/mol. The first-order chi connectivity index (χ1) is 8.43. The van der Waals surface area contributed by atoms with Crippen LogP contribution in [0.2, 0.25) is 0 Å². The summed E-state index contributed by atoms with van der Waals surface area (Å²) < 4.78 is 0. The zero-order valence-corrected chi connectivity index (χ0v) is 10.3. The lowest BCUT2D eigenvalue weighted by atomic mass is 10.1. The van der Waals surface area contributed by atoms with Crippen LogP contribution in [0.3, 0.4) is 0 Å². The molecule has 2 saturated heterocycles. The monoisotopic (exact) mass is 231 g/mol. The molecule has 0 aromatic heterocycles. The van der Waals surface area contributed by atoms with E-state index >= 15 is 0 Å². The molecule has 1 aromatic carbocycles. The van der Waals surface area contributed by atoms with Crippen molar-refractivity contribution in [1.82, 2.24) is 10.2 Å². The maximum Gasteiger partial charge on any atom is 0.0447 e. The first-order valence-electron chi connectivity index (χ1n) is 6.68. The van der Waals surface area contributed by atoms with Crippen LogP contribution in [-0.2, 0) is 0 Å². The van der Waals surface area contributed by atoms with Crippen LogP contribution in [0.15, 0.2) is 30.3 Å². The Morgan fingerprint density at radius 1 is 1.00 bits per heavy atom. The molecular formula is C14H21N3. The molecule has 92 valence electrons. The van der Waals surface area contributed by atoms with Gasteiger partial charge in [-0.2, -0.15) is 0 Å². The van der Waals surface area contributed by atoms with E-state index in [0.717, 1.165) is 12.6 Å². The number of hydrogen-bond donors (Lipinski definition) is 1. The van der Waals surface area contributed by atoms with Crippen LogP contribution in [0.25, 0.3) is 0 Å². The van der Waals surface area contributed by atoms with Gasteiger partial charge in [-0.25, -0.2) is 0 Å². The molecule has 3 nitrogen and oxygen atoms in total. The fourth-order valence-electron chi connectivity index (χ4n) is 2.77. The maximum absolute atomic E-state index is 3.47. The number of nitrogens with zero attached hydrogens (tertiary/aromatic N) is 2. The number of benzene rings is 1. The van der Waals surface area contributed by atoms with E-state index in [4.69, 9.17) is 0 Å². The summed E-state index contributed by atoms with van der Waals surface area (Å²) in [5.41, 5.74) is 1.37. The fourth-order valence-corrected chi connectivity index (χ4v) is 2.77. The van der Waals surface area contributed by atoms with Crippen LogP contribution in [0.1, 0.15) is 6.42 Å². The molecule has 0 atom stereocenters. The molecule has 0 radical (unpaired) electrons. The molecule has 1 N–H and O–H groups in total. The molecule has 0 aliphatic carbocycles. The number of hydrogen-bond acceptors (Lipinski definition) is 3. The van der Waals surface area contributed by atoms with Crippen molar-refractivity contribution in [3.8, 4) is 0 Å². The molecule has 3 heteroatoms. The minimum absolute atomic E-state index is 0.773. The quantitative estimate of drug-likeness (QED) is 0.824. The van der Waals surface area contributed by atoms with Crippen LogP contribution in [0.5, 0.6) is 0 Å². The van der Waals surface area contributed by atoms with Gasteiger partial charge in [-0.15, -0.1) is 0 Å². The van der Waals surface area contributed by atoms with E-state index in [2.05, 4.69) is 45.4 Å². The van der Waals surface area contributed by atoms with Crippen LogP contribution in [0, 0.1) is 0 Å². The Labute approximate surface area is 103 Å². The van der Waals surface area contributed by atoms with Gasteiger partial charge in [0.1, 0.15) is 0 Å². The smallest absolute Gasteiger partial charge is 0.0447 e. The molecule has 17 heavy (non-hydrogen) atoms. The lowest BCUT2D eigenvalue weighted by Gasteiger charge is -2.46. The van der Waals surface area contributed by atoms with Crippen molar-refractivity contribution in [1.29, 1.82) is 0 Å². The summed E-state index contributed by atoms with van der Waals surface area (Å²) in [6.45, 7) is 7.22. The number of rotatable bonds is 2. The summed E-state index contributed by atoms with van der Waals surface area (Å²) in [6, 6.07) is 11.5. The van der Waals surface area contributed by atoms with Crippen molar-refractivity contribution in [2.24, 2.45) is 0 Å². The zero-order chi connectivity index (χ0) is 11.5. The SMILES string of the molecule is c1ccc(N2CC(N3CCCNCC3)C2)cc1. The van der Waals surface area contributed by atoms with Gasteiger partial charge in [0.2, 0.25) is 0 Å². The highest BCUT2D eigenvalue weighted by atomic mass is 15.3. The van der Waals surface area contributed by atoms with Crippen LogP contribution in [-0.4, -0.2) is 50.2 Å². The third-order valence-corrected chi connectivity index (χ3v) is 3.87. The largest absolute Gasteiger partial charge is 0.368 e. The van der Waals surface area contributed by atoms with E-state index in [1.165, 1.54) is 44.8 Å². The summed E-state index contributed by atoms with van der Waals surface area (Å²) in [6.07, 6.45) is 1.29. The molecule has 0 unspecified atom stereocenters. The topological polar surface area (TPSA) is 18.5 Å². The van der Waals surface area contributed by atoms with Crippen LogP contribution < -0.4 is 10.2 Å².